The molecule has 1 heterocycles. The molecule has 2 fully saturated rings. The number of hydrogen-bond acceptors (Lipinski definition) is 3. The number of nitrogens with zero attached hydrogens (tertiary/aromatic N) is 2. The molecular weight excluding hydrogens is 402 g/mol. The van der Waals surface area contributed by atoms with Crippen LogP contribution in [0.2, 0.25) is 5.02 Å². The number of rotatable bonds is 5. The zero-order valence-electron chi connectivity index (χ0n) is 16.6. The van der Waals surface area contributed by atoms with E-state index in [1.807, 2.05) is 12.1 Å². The predicted molar refractivity (Wildman–Crippen MR) is 115 cm³/mol. The lowest BCUT2D eigenvalue weighted by Crippen LogP contribution is -2.56. The maximum Gasteiger partial charge on any atom is 0.312 e. The molecule has 156 valence electrons. The molecule has 7 heteroatoms. The average molecular weight is 426 g/mol. The van der Waals surface area contributed by atoms with Gasteiger partial charge >= 0.3 is 11.8 Å². The van der Waals surface area contributed by atoms with Crippen molar-refractivity contribution < 1.29 is 14.4 Å². The summed E-state index contributed by atoms with van der Waals surface area (Å²) in [5, 5.41) is 3.36. The van der Waals surface area contributed by atoms with Gasteiger partial charge in [-0.15, -0.1) is 0 Å². The third kappa shape index (κ3) is 4.49. The number of amides is 3. The van der Waals surface area contributed by atoms with Crippen molar-refractivity contribution in [2.75, 3.05) is 18.4 Å². The molecule has 0 aromatic heterocycles. The first-order valence-electron chi connectivity index (χ1n) is 10.3. The van der Waals surface area contributed by atoms with E-state index in [9.17, 15) is 14.4 Å². The topological polar surface area (TPSA) is 69.7 Å². The van der Waals surface area contributed by atoms with E-state index in [1.54, 1.807) is 46.2 Å². The number of carbonyl (C=O) groups excluding carboxylic acids is 3. The van der Waals surface area contributed by atoms with Crippen molar-refractivity contribution in [3.63, 3.8) is 0 Å². The van der Waals surface area contributed by atoms with Crippen LogP contribution in [0.25, 0.3) is 0 Å². The van der Waals surface area contributed by atoms with Gasteiger partial charge in [-0.1, -0.05) is 42.6 Å². The summed E-state index contributed by atoms with van der Waals surface area (Å²) < 4.78 is 0. The maximum absolute atomic E-state index is 12.6. The van der Waals surface area contributed by atoms with E-state index in [0.717, 1.165) is 31.2 Å². The number of halogens is 1. The maximum atomic E-state index is 12.6. The van der Waals surface area contributed by atoms with Crippen LogP contribution in [0.15, 0.2) is 48.5 Å². The number of anilines is 1. The van der Waals surface area contributed by atoms with Gasteiger partial charge in [0.1, 0.15) is 0 Å². The van der Waals surface area contributed by atoms with Gasteiger partial charge in [-0.25, -0.2) is 0 Å². The Morgan fingerprint density at radius 1 is 1.00 bits per heavy atom. The van der Waals surface area contributed by atoms with E-state index >= 15 is 0 Å². The normalized spacial score (nSPS) is 17.5. The lowest BCUT2D eigenvalue weighted by molar-refractivity contribution is -0.158. The van der Waals surface area contributed by atoms with Gasteiger partial charge in [-0.3, -0.25) is 14.4 Å². The summed E-state index contributed by atoms with van der Waals surface area (Å²) in [5.41, 5.74) is 2.01. The number of piperazine rings is 1. The molecule has 4 rings (SSSR count). The van der Waals surface area contributed by atoms with Crippen molar-refractivity contribution in [1.82, 2.24) is 9.80 Å². The minimum Gasteiger partial charge on any atom is -0.330 e. The molecule has 1 N–H and O–H groups in total. The highest BCUT2D eigenvalue weighted by Crippen LogP contribution is 2.25. The lowest BCUT2D eigenvalue weighted by atomic mass is 10.1. The van der Waals surface area contributed by atoms with Crippen molar-refractivity contribution in [2.45, 2.75) is 38.3 Å². The van der Waals surface area contributed by atoms with Crippen molar-refractivity contribution in [3.8, 4) is 0 Å². The first-order chi connectivity index (χ1) is 14.5. The summed E-state index contributed by atoms with van der Waals surface area (Å²) >= 11 is 5.95. The second kappa shape index (κ2) is 8.88. The van der Waals surface area contributed by atoms with E-state index in [4.69, 9.17) is 11.6 Å². The fraction of sp³-hybridized carbons (Fsp3) is 0.348. The first kappa shape index (κ1) is 20.4. The van der Waals surface area contributed by atoms with E-state index < -0.39 is 5.91 Å². The number of benzene rings is 2. The fourth-order valence-corrected chi connectivity index (χ4v) is 4.35. The molecule has 0 unspecified atom stereocenters. The monoisotopic (exact) mass is 425 g/mol. The number of nitrogens with one attached hydrogen (secondary N) is 1. The van der Waals surface area contributed by atoms with Gasteiger partial charge in [0.25, 0.3) is 5.91 Å². The van der Waals surface area contributed by atoms with Gasteiger partial charge in [0, 0.05) is 41.9 Å². The molecule has 2 aromatic carbocycles. The summed E-state index contributed by atoms with van der Waals surface area (Å²) in [6.45, 7) is 1.49. The van der Waals surface area contributed by atoms with Crippen LogP contribution in [0.1, 0.15) is 41.6 Å². The standard InChI is InChI=1S/C23H24ClN3O3/c24-18-4-3-5-19(14-18)25-21(28)17-10-8-16(9-11-17)15-26-12-13-27(23(30)22(26)29)20-6-1-2-7-20/h3-5,8-11,14,20H,1-2,6-7,12-13,15H2,(H,25,28). The molecule has 3 amide bonds. The number of carbonyl (C=O) groups is 3. The molecule has 0 radical (unpaired) electrons. The molecule has 1 saturated heterocycles. The Balaban J connectivity index is 1.36. The lowest BCUT2D eigenvalue weighted by Gasteiger charge is -2.37. The second-order valence-corrected chi connectivity index (χ2v) is 8.26. The van der Waals surface area contributed by atoms with Crippen LogP contribution in [-0.4, -0.2) is 46.7 Å². The predicted octanol–water partition coefficient (Wildman–Crippen LogP) is 3.71. The average Bonchev–Trinajstić information content (AvgIpc) is 3.27. The Bertz CT molecular complexity index is 954. The van der Waals surface area contributed by atoms with E-state index in [2.05, 4.69) is 5.32 Å². The largest absolute Gasteiger partial charge is 0.330 e. The molecule has 0 atom stereocenters. The smallest absolute Gasteiger partial charge is 0.312 e. The third-order valence-electron chi connectivity index (χ3n) is 5.78. The Hall–Kier alpha value is -2.86. The quantitative estimate of drug-likeness (QED) is 0.742. The van der Waals surface area contributed by atoms with Crippen molar-refractivity contribution >= 4 is 35.0 Å². The van der Waals surface area contributed by atoms with Gasteiger partial charge in [0.05, 0.1) is 0 Å². The molecule has 2 aromatic rings. The Morgan fingerprint density at radius 3 is 2.43 bits per heavy atom. The van der Waals surface area contributed by atoms with Gasteiger partial charge in [0.15, 0.2) is 0 Å². The molecule has 6 nitrogen and oxygen atoms in total. The molecule has 1 aliphatic carbocycles. The van der Waals surface area contributed by atoms with Crippen LogP contribution in [0.4, 0.5) is 5.69 Å². The van der Waals surface area contributed by atoms with Crippen molar-refractivity contribution in [1.29, 1.82) is 0 Å². The first-order valence-corrected chi connectivity index (χ1v) is 10.6. The van der Waals surface area contributed by atoms with Gasteiger partial charge in [-0.2, -0.15) is 0 Å². The van der Waals surface area contributed by atoms with Gasteiger partial charge in [0.2, 0.25) is 0 Å². The van der Waals surface area contributed by atoms with Gasteiger partial charge in [-0.05, 0) is 48.7 Å². The highest BCUT2D eigenvalue weighted by atomic mass is 35.5. The molecular formula is C23H24ClN3O3. The van der Waals surface area contributed by atoms with E-state index in [-0.39, 0.29) is 17.9 Å². The minimum absolute atomic E-state index is 0.223. The SMILES string of the molecule is O=C(Nc1cccc(Cl)c1)c1ccc(CN2CCN(C3CCCC3)C(=O)C2=O)cc1. The van der Waals surface area contributed by atoms with Crippen LogP contribution in [0.3, 0.4) is 0 Å². The summed E-state index contributed by atoms with van der Waals surface area (Å²) in [6.07, 6.45) is 4.25. The van der Waals surface area contributed by atoms with Gasteiger partial charge < -0.3 is 15.1 Å². The van der Waals surface area contributed by atoms with Crippen LogP contribution < -0.4 is 5.32 Å². The van der Waals surface area contributed by atoms with Crippen molar-refractivity contribution in [2.24, 2.45) is 0 Å². The zero-order chi connectivity index (χ0) is 21.1. The molecule has 0 spiro atoms. The van der Waals surface area contributed by atoms with Crippen LogP contribution in [0.5, 0.6) is 0 Å². The summed E-state index contributed by atoms with van der Waals surface area (Å²) in [7, 11) is 0. The second-order valence-electron chi connectivity index (χ2n) is 7.82. The highest BCUT2D eigenvalue weighted by molar-refractivity contribution is 6.35. The van der Waals surface area contributed by atoms with Crippen LogP contribution >= 0.6 is 11.6 Å². The Kier molecular flexibility index (Phi) is 6.04. The summed E-state index contributed by atoms with van der Waals surface area (Å²) in [4.78, 5) is 40.9. The minimum atomic E-state index is -0.434. The molecule has 1 saturated carbocycles. The zero-order valence-corrected chi connectivity index (χ0v) is 17.4. The van der Waals surface area contributed by atoms with Crippen LogP contribution in [0, 0.1) is 0 Å². The highest BCUT2D eigenvalue weighted by Gasteiger charge is 2.37. The van der Waals surface area contributed by atoms with E-state index in [0.29, 0.717) is 35.9 Å². The van der Waals surface area contributed by atoms with Crippen LogP contribution in [-0.2, 0) is 16.1 Å². The summed E-state index contributed by atoms with van der Waals surface area (Å²) in [6, 6.07) is 14.3. The molecule has 30 heavy (non-hydrogen) atoms. The Morgan fingerprint density at radius 2 is 1.73 bits per heavy atom. The van der Waals surface area contributed by atoms with E-state index in [1.165, 1.54) is 0 Å². The third-order valence-corrected chi connectivity index (χ3v) is 6.01. The molecule has 2 aliphatic rings. The van der Waals surface area contributed by atoms with Crippen molar-refractivity contribution in [3.05, 3.63) is 64.7 Å². The molecule has 0 bridgehead atoms. The Labute approximate surface area is 180 Å². The summed E-state index contributed by atoms with van der Waals surface area (Å²) in [5.74, 6) is -1.05. The molecule has 1 aliphatic heterocycles. The number of hydrogen-bond donors (Lipinski definition) is 1. The fourth-order valence-electron chi connectivity index (χ4n) is 4.16.